The van der Waals surface area contributed by atoms with Gasteiger partial charge in [0.15, 0.2) is 6.10 Å². The highest BCUT2D eigenvalue weighted by Crippen LogP contribution is 2.19. The van der Waals surface area contributed by atoms with Crippen LogP contribution in [0.5, 0.6) is 0 Å². The van der Waals surface area contributed by atoms with Crippen LogP contribution < -0.4 is 0 Å². The van der Waals surface area contributed by atoms with E-state index < -0.39 is 6.10 Å². The van der Waals surface area contributed by atoms with Crippen molar-refractivity contribution in [2.24, 2.45) is 17.8 Å². The zero-order valence-corrected chi connectivity index (χ0v) is 46.9. The summed E-state index contributed by atoms with van der Waals surface area (Å²) in [5.74, 6) is 1.75. The minimum atomic E-state index is -0.764. The van der Waals surface area contributed by atoms with Gasteiger partial charge in [-0.15, -0.1) is 0 Å². The maximum atomic E-state index is 12.9. The molecule has 0 rings (SSSR count). The number of ether oxygens (including phenoxy) is 3. The van der Waals surface area contributed by atoms with Gasteiger partial charge in [-0.25, -0.2) is 0 Å². The second kappa shape index (κ2) is 53.2. The van der Waals surface area contributed by atoms with Gasteiger partial charge in [0.2, 0.25) is 0 Å². The molecule has 0 aromatic carbocycles. The van der Waals surface area contributed by atoms with E-state index in [1.165, 1.54) is 225 Å². The van der Waals surface area contributed by atoms with Crippen molar-refractivity contribution in [1.82, 2.24) is 0 Å². The second-order valence-electron chi connectivity index (χ2n) is 22.3. The Bertz CT molecular complexity index is 1060. The van der Waals surface area contributed by atoms with Crippen molar-refractivity contribution < 1.29 is 28.6 Å². The summed E-state index contributed by atoms with van der Waals surface area (Å²) in [6.45, 7) is 13.8. The topological polar surface area (TPSA) is 78.9 Å². The van der Waals surface area contributed by atoms with Crippen LogP contribution in [0.2, 0.25) is 0 Å². The first-order valence-electron chi connectivity index (χ1n) is 30.7. The largest absolute Gasteiger partial charge is 0.462 e. The lowest BCUT2D eigenvalue weighted by atomic mass is 9.99. The Kier molecular flexibility index (Phi) is 52.0. The Labute approximate surface area is 425 Å². The van der Waals surface area contributed by atoms with E-state index in [0.717, 1.165) is 75.5 Å². The van der Waals surface area contributed by atoms with Gasteiger partial charge >= 0.3 is 17.9 Å². The van der Waals surface area contributed by atoms with Crippen molar-refractivity contribution in [2.45, 2.75) is 349 Å². The summed E-state index contributed by atoms with van der Waals surface area (Å²) in [5, 5.41) is 0. The van der Waals surface area contributed by atoms with Crippen LogP contribution in [0.25, 0.3) is 0 Å². The molecule has 0 aliphatic carbocycles. The predicted octanol–water partition coefficient (Wildman–Crippen LogP) is 20.3. The molecule has 0 aliphatic rings. The van der Waals surface area contributed by atoms with Crippen LogP contribution >= 0.6 is 0 Å². The average Bonchev–Trinajstić information content (AvgIpc) is 3.33. The third-order valence-corrected chi connectivity index (χ3v) is 14.9. The highest BCUT2D eigenvalue weighted by atomic mass is 16.6. The number of unbranched alkanes of at least 4 members (excludes halogenated alkanes) is 36. The normalized spacial score (nSPS) is 12.9. The van der Waals surface area contributed by atoms with Gasteiger partial charge in [0, 0.05) is 19.3 Å². The molecule has 0 amide bonds. The summed E-state index contributed by atoms with van der Waals surface area (Å²) in [6, 6.07) is 0. The minimum absolute atomic E-state index is 0.0635. The summed E-state index contributed by atoms with van der Waals surface area (Å²) in [6.07, 6.45) is 56.6. The Morgan fingerprint density at radius 3 is 0.765 bits per heavy atom. The molecule has 0 radical (unpaired) electrons. The van der Waals surface area contributed by atoms with E-state index in [9.17, 15) is 14.4 Å². The number of esters is 3. The summed E-state index contributed by atoms with van der Waals surface area (Å²) >= 11 is 0. The van der Waals surface area contributed by atoms with Crippen molar-refractivity contribution in [1.29, 1.82) is 0 Å². The van der Waals surface area contributed by atoms with E-state index in [0.29, 0.717) is 19.3 Å². The zero-order chi connectivity index (χ0) is 49.8. The van der Waals surface area contributed by atoms with Crippen LogP contribution in [0.1, 0.15) is 343 Å². The van der Waals surface area contributed by atoms with E-state index in [2.05, 4.69) is 41.5 Å². The van der Waals surface area contributed by atoms with Gasteiger partial charge in [-0.2, -0.15) is 0 Å². The number of hydrogen-bond acceptors (Lipinski definition) is 6. The number of carbonyl (C=O) groups is 3. The van der Waals surface area contributed by atoms with Gasteiger partial charge in [-0.3, -0.25) is 14.4 Å². The monoisotopic (exact) mass is 961 g/mol. The van der Waals surface area contributed by atoms with Gasteiger partial charge in [0.1, 0.15) is 13.2 Å². The lowest BCUT2D eigenvalue weighted by Crippen LogP contribution is -2.30. The van der Waals surface area contributed by atoms with Crippen LogP contribution in [0.15, 0.2) is 0 Å². The van der Waals surface area contributed by atoms with Crippen molar-refractivity contribution in [3.8, 4) is 0 Å². The van der Waals surface area contributed by atoms with E-state index in [1.807, 2.05) is 0 Å². The highest BCUT2D eigenvalue weighted by molar-refractivity contribution is 5.71. The molecule has 6 heteroatoms. The fourth-order valence-corrected chi connectivity index (χ4v) is 9.47. The van der Waals surface area contributed by atoms with Crippen molar-refractivity contribution >= 4 is 17.9 Å². The Morgan fingerprint density at radius 2 is 0.515 bits per heavy atom. The molecule has 0 N–H and O–H groups in total. The molecule has 3 atom stereocenters. The first-order chi connectivity index (χ1) is 33.2. The molecule has 68 heavy (non-hydrogen) atoms. The van der Waals surface area contributed by atoms with Crippen molar-refractivity contribution in [3.63, 3.8) is 0 Å². The molecule has 0 aromatic heterocycles. The Balaban J connectivity index is 4.25. The van der Waals surface area contributed by atoms with Crippen molar-refractivity contribution in [2.75, 3.05) is 13.2 Å². The summed E-state index contributed by atoms with van der Waals surface area (Å²) in [5.41, 5.74) is 0. The van der Waals surface area contributed by atoms with E-state index in [4.69, 9.17) is 14.2 Å². The maximum Gasteiger partial charge on any atom is 0.306 e. The van der Waals surface area contributed by atoms with Crippen LogP contribution in [-0.4, -0.2) is 37.2 Å². The van der Waals surface area contributed by atoms with Gasteiger partial charge in [0.25, 0.3) is 0 Å². The molecule has 0 aliphatic heterocycles. The molecular formula is C62H120O6. The lowest BCUT2D eigenvalue weighted by molar-refractivity contribution is -0.167. The molecule has 0 bridgehead atoms. The van der Waals surface area contributed by atoms with E-state index in [-0.39, 0.29) is 31.1 Å². The van der Waals surface area contributed by atoms with Gasteiger partial charge in [-0.1, -0.05) is 305 Å². The summed E-state index contributed by atoms with van der Waals surface area (Å²) in [4.78, 5) is 38.2. The predicted molar refractivity (Wildman–Crippen MR) is 293 cm³/mol. The molecular weight excluding hydrogens is 841 g/mol. The van der Waals surface area contributed by atoms with Crippen LogP contribution in [0, 0.1) is 17.8 Å². The summed E-state index contributed by atoms with van der Waals surface area (Å²) < 4.78 is 16.9. The maximum absolute atomic E-state index is 12.9. The smallest absolute Gasteiger partial charge is 0.306 e. The number of carbonyl (C=O) groups excluding carboxylic acids is 3. The second-order valence-corrected chi connectivity index (χ2v) is 22.3. The molecule has 0 saturated carbocycles. The molecule has 0 aromatic rings. The van der Waals surface area contributed by atoms with Gasteiger partial charge in [0.05, 0.1) is 0 Å². The SMILES string of the molecule is CCC(C)CCCCCCCCCCCCCCCCCCCCC(=O)O[C@H](COC(=O)CCCCCCCCCCCCCCCC(C)C)COC(=O)CCCCCCCCCCC(C)CC. The molecule has 0 heterocycles. The molecule has 404 valence electrons. The molecule has 0 spiro atoms. The van der Waals surface area contributed by atoms with Gasteiger partial charge in [-0.05, 0) is 37.0 Å². The quantitative estimate of drug-likeness (QED) is 0.0343. The third kappa shape index (κ3) is 52.2. The fraction of sp³-hybridized carbons (Fsp3) is 0.952. The fourth-order valence-electron chi connectivity index (χ4n) is 9.47. The third-order valence-electron chi connectivity index (χ3n) is 14.9. The molecule has 2 unspecified atom stereocenters. The first kappa shape index (κ1) is 66.4. The van der Waals surface area contributed by atoms with Crippen LogP contribution in [0.4, 0.5) is 0 Å². The average molecular weight is 962 g/mol. The summed E-state index contributed by atoms with van der Waals surface area (Å²) in [7, 11) is 0. The lowest BCUT2D eigenvalue weighted by Gasteiger charge is -2.18. The minimum Gasteiger partial charge on any atom is -0.462 e. The first-order valence-corrected chi connectivity index (χ1v) is 30.7. The van der Waals surface area contributed by atoms with E-state index in [1.54, 1.807) is 0 Å². The molecule has 0 saturated heterocycles. The van der Waals surface area contributed by atoms with E-state index >= 15 is 0 Å². The zero-order valence-electron chi connectivity index (χ0n) is 46.9. The number of rotatable bonds is 55. The molecule has 6 nitrogen and oxygen atoms in total. The molecule has 0 fully saturated rings. The van der Waals surface area contributed by atoms with Crippen LogP contribution in [-0.2, 0) is 28.6 Å². The number of hydrogen-bond donors (Lipinski definition) is 0. The van der Waals surface area contributed by atoms with Gasteiger partial charge < -0.3 is 14.2 Å². The Hall–Kier alpha value is -1.59. The van der Waals surface area contributed by atoms with Crippen LogP contribution in [0.3, 0.4) is 0 Å². The van der Waals surface area contributed by atoms with Crippen molar-refractivity contribution in [3.05, 3.63) is 0 Å². The highest BCUT2D eigenvalue weighted by Gasteiger charge is 2.19. The standard InChI is InChI=1S/C62H120O6/c1-7-57(5)49-43-37-31-25-21-17-13-11-9-10-12-14-18-23-27-35-41-47-53-62(65)68-59(55-67-61(64)52-46-40-34-29-28-32-38-44-50-58(6)8-2)54-66-60(63)51-45-39-33-26-22-19-15-16-20-24-30-36-42-48-56(3)4/h56-59H,7-55H2,1-6H3/t57?,58?,59-/m1/s1. The Morgan fingerprint density at radius 1 is 0.294 bits per heavy atom.